The van der Waals surface area contributed by atoms with Crippen LogP contribution >= 0.6 is 11.3 Å². The highest BCUT2D eigenvalue weighted by Crippen LogP contribution is 2.19. The minimum absolute atomic E-state index is 0.185. The summed E-state index contributed by atoms with van der Waals surface area (Å²) < 4.78 is 0. The Labute approximate surface area is 121 Å². The van der Waals surface area contributed by atoms with E-state index in [0.717, 1.165) is 0 Å². The first-order chi connectivity index (χ1) is 9.66. The number of amides is 2. The van der Waals surface area contributed by atoms with Gasteiger partial charge in [0.15, 0.2) is 0 Å². The van der Waals surface area contributed by atoms with Gasteiger partial charge in [-0.1, -0.05) is 13.0 Å². The molecule has 0 saturated heterocycles. The first kappa shape index (κ1) is 14.2. The van der Waals surface area contributed by atoms with E-state index < -0.39 is 11.8 Å². The zero-order chi connectivity index (χ0) is 14.4. The second kappa shape index (κ2) is 6.81. The third kappa shape index (κ3) is 3.89. The second-order valence-corrected chi connectivity index (χ2v) is 5.30. The number of nitrogens with one attached hydrogen (secondary N) is 2. The quantitative estimate of drug-likeness (QED) is 0.846. The van der Waals surface area contributed by atoms with Gasteiger partial charge in [0.2, 0.25) is 0 Å². The average molecular weight is 289 g/mol. The summed E-state index contributed by atoms with van der Waals surface area (Å²) in [5.74, 6) is -1.14. The molecule has 2 rings (SSSR count). The van der Waals surface area contributed by atoms with Gasteiger partial charge in [-0.05, 0) is 23.6 Å². The Balaban J connectivity index is 1.81. The summed E-state index contributed by atoms with van der Waals surface area (Å²) in [6.07, 6.45) is 3.08. The van der Waals surface area contributed by atoms with Gasteiger partial charge in [-0.3, -0.25) is 14.6 Å². The summed E-state index contributed by atoms with van der Waals surface area (Å²) in [7, 11) is 0. The van der Waals surface area contributed by atoms with Crippen molar-refractivity contribution in [2.75, 3.05) is 11.9 Å². The van der Waals surface area contributed by atoms with E-state index in [0.29, 0.717) is 12.2 Å². The van der Waals surface area contributed by atoms with Crippen LogP contribution in [0.5, 0.6) is 0 Å². The first-order valence-corrected chi connectivity index (χ1v) is 7.07. The van der Waals surface area contributed by atoms with Crippen LogP contribution in [0.2, 0.25) is 0 Å². The topological polar surface area (TPSA) is 71.1 Å². The Morgan fingerprint density at radius 2 is 2.15 bits per heavy atom. The maximum Gasteiger partial charge on any atom is 0.313 e. The minimum Gasteiger partial charge on any atom is -0.347 e. The molecule has 0 aliphatic carbocycles. The Kier molecular flexibility index (Phi) is 4.84. The van der Waals surface area contributed by atoms with Crippen molar-refractivity contribution in [3.63, 3.8) is 0 Å². The van der Waals surface area contributed by atoms with Crippen LogP contribution in [0.3, 0.4) is 0 Å². The standard InChI is InChI=1S/C14H15N3O2S/c1-10(12-5-3-7-20-12)8-16-13(18)14(19)17-11-4-2-6-15-9-11/h2-7,9-10H,8H2,1H3,(H,16,18)(H,17,19)/t10-/m0/s1. The molecule has 0 bridgehead atoms. The fourth-order valence-corrected chi connectivity index (χ4v) is 2.41. The van der Waals surface area contributed by atoms with Crippen molar-refractivity contribution in [2.24, 2.45) is 0 Å². The SMILES string of the molecule is C[C@@H](CNC(=O)C(=O)Nc1cccnc1)c1cccs1. The van der Waals surface area contributed by atoms with Crippen LogP contribution < -0.4 is 10.6 Å². The highest BCUT2D eigenvalue weighted by atomic mass is 32.1. The third-order valence-electron chi connectivity index (χ3n) is 2.72. The summed E-state index contributed by atoms with van der Waals surface area (Å²) >= 11 is 1.63. The molecule has 0 aliphatic heterocycles. The number of aromatic nitrogens is 1. The molecule has 20 heavy (non-hydrogen) atoms. The molecule has 0 aromatic carbocycles. The summed E-state index contributed by atoms with van der Waals surface area (Å²) in [4.78, 5) is 28.4. The normalized spacial score (nSPS) is 11.7. The lowest BCUT2D eigenvalue weighted by Gasteiger charge is -2.10. The van der Waals surface area contributed by atoms with Crippen molar-refractivity contribution in [1.82, 2.24) is 10.3 Å². The maximum absolute atomic E-state index is 11.7. The maximum atomic E-state index is 11.7. The molecule has 104 valence electrons. The number of rotatable bonds is 4. The molecule has 0 unspecified atom stereocenters. The van der Waals surface area contributed by atoms with E-state index >= 15 is 0 Å². The van der Waals surface area contributed by atoms with Crippen LogP contribution in [0.4, 0.5) is 5.69 Å². The molecule has 0 spiro atoms. The number of hydrogen-bond donors (Lipinski definition) is 2. The molecular weight excluding hydrogens is 274 g/mol. The monoisotopic (exact) mass is 289 g/mol. The van der Waals surface area contributed by atoms with E-state index in [-0.39, 0.29) is 5.92 Å². The van der Waals surface area contributed by atoms with Crippen molar-refractivity contribution < 1.29 is 9.59 Å². The van der Waals surface area contributed by atoms with E-state index in [1.54, 1.807) is 29.7 Å². The molecule has 2 heterocycles. The van der Waals surface area contributed by atoms with Gasteiger partial charge in [0, 0.05) is 23.5 Å². The van der Waals surface area contributed by atoms with Gasteiger partial charge in [-0.15, -0.1) is 11.3 Å². The molecule has 2 aromatic heterocycles. The van der Waals surface area contributed by atoms with Gasteiger partial charge >= 0.3 is 11.8 Å². The Morgan fingerprint density at radius 3 is 2.80 bits per heavy atom. The van der Waals surface area contributed by atoms with Gasteiger partial charge in [0.25, 0.3) is 0 Å². The number of anilines is 1. The van der Waals surface area contributed by atoms with Crippen LogP contribution in [-0.2, 0) is 9.59 Å². The molecular formula is C14H15N3O2S. The average Bonchev–Trinajstić information content (AvgIpc) is 2.99. The second-order valence-electron chi connectivity index (χ2n) is 4.32. The zero-order valence-corrected chi connectivity index (χ0v) is 11.8. The fourth-order valence-electron chi connectivity index (χ4n) is 1.62. The van der Waals surface area contributed by atoms with Crippen LogP contribution in [0.15, 0.2) is 42.0 Å². The van der Waals surface area contributed by atoms with Crippen molar-refractivity contribution in [3.8, 4) is 0 Å². The van der Waals surface area contributed by atoms with Crippen LogP contribution in [0.25, 0.3) is 0 Å². The van der Waals surface area contributed by atoms with Gasteiger partial charge in [-0.25, -0.2) is 0 Å². The number of thiophene rings is 1. The predicted molar refractivity (Wildman–Crippen MR) is 78.6 cm³/mol. The van der Waals surface area contributed by atoms with Crippen molar-refractivity contribution >= 4 is 28.8 Å². The Morgan fingerprint density at radius 1 is 1.30 bits per heavy atom. The summed E-state index contributed by atoms with van der Waals surface area (Å²) in [6, 6.07) is 7.34. The van der Waals surface area contributed by atoms with Gasteiger partial charge in [-0.2, -0.15) is 0 Å². The number of pyridine rings is 1. The van der Waals surface area contributed by atoms with Gasteiger partial charge in [0.1, 0.15) is 0 Å². The van der Waals surface area contributed by atoms with Gasteiger partial charge < -0.3 is 10.6 Å². The number of nitrogens with zero attached hydrogens (tertiary/aromatic N) is 1. The molecule has 5 nitrogen and oxygen atoms in total. The van der Waals surface area contributed by atoms with E-state index in [9.17, 15) is 9.59 Å². The molecule has 0 saturated carbocycles. The van der Waals surface area contributed by atoms with Crippen molar-refractivity contribution in [1.29, 1.82) is 0 Å². The van der Waals surface area contributed by atoms with Crippen LogP contribution in [0.1, 0.15) is 17.7 Å². The Bertz CT molecular complexity index is 569. The van der Waals surface area contributed by atoms with E-state index in [4.69, 9.17) is 0 Å². The first-order valence-electron chi connectivity index (χ1n) is 6.19. The predicted octanol–water partition coefficient (Wildman–Crippen LogP) is 2.00. The molecule has 2 N–H and O–H groups in total. The molecule has 0 radical (unpaired) electrons. The molecule has 2 amide bonds. The lowest BCUT2D eigenvalue weighted by molar-refractivity contribution is -0.136. The lowest BCUT2D eigenvalue weighted by Crippen LogP contribution is -2.37. The zero-order valence-electron chi connectivity index (χ0n) is 11.0. The fraction of sp³-hybridized carbons (Fsp3) is 0.214. The molecule has 0 fully saturated rings. The summed E-state index contributed by atoms with van der Waals surface area (Å²) in [6.45, 7) is 2.44. The van der Waals surface area contributed by atoms with E-state index in [2.05, 4.69) is 15.6 Å². The highest BCUT2D eigenvalue weighted by Gasteiger charge is 2.15. The molecule has 6 heteroatoms. The van der Waals surface area contributed by atoms with Crippen molar-refractivity contribution in [2.45, 2.75) is 12.8 Å². The lowest BCUT2D eigenvalue weighted by atomic mass is 10.1. The van der Waals surface area contributed by atoms with E-state index in [1.165, 1.54) is 11.1 Å². The van der Waals surface area contributed by atoms with Crippen LogP contribution in [0, 0.1) is 0 Å². The van der Waals surface area contributed by atoms with E-state index in [1.807, 2.05) is 24.4 Å². The van der Waals surface area contributed by atoms with Gasteiger partial charge in [0.05, 0.1) is 11.9 Å². The molecule has 2 aromatic rings. The Hall–Kier alpha value is -2.21. The highest BCUT2D eigenvalue weighted by molar-refractivity contribution is 7.10. The summed E-state index contributed by atoms with van der Waals surface area (Å²) in [5.41, 5.74) is 0.499. The number of carbonyl (C=O) groups is 2. The molecule has 0 aliphatic rings. The smallest absolute Gasteiger partial charge is 0.313 e. The largest absolute Gasteiger partial charge is 0.347 e. The van der Waals surface area contributed by atoms with Crippen molar-refractivity contribution in [3.05, 3.63) is 46.9 Å². The third-order valence-corrected chi connectivity index (χ3v) is 3.83. The number of carbonyl (C=O) groups excluding carboxylic acids is 2. The summed E-state index contributed by atoms with van der Waals surface area (Å²) in [5, 5.41) is 7.10. The molecule has 1 atom stereocenters. The minimum atomic E-state index is -0.684. The van der Waals surface area contributed by atoms with Crippen LogP contribution in [-0.4, -0.2) is 23.3 Å². The number of hydrogen-bond acceptors (Lipinski definition) is 4.